The molecule has 122 valence electrons. The Morgan fingerprint density at radius 2 is 2.00 bits per heavy atom. The number of nitrogens with zero attached hydrogens (tertiary/aromatic N) is 3. The van der Waals surface area contributed by atoms with Crippen LogP contribution in [-0.4, -0.2) is 38.6 Å². The fraction of sp³-hybridized carbons (Fsp3) is 0.400. The predicted octanol–water partition coefficient (Wildman–Crippen LogP) is 2.42. The zero-order chi connectivity index (χ0) is 16.6. The monoisotopic (exact) mass is 355 g/mol. The van der Waals surface area contributed by atoms with Gasteiger partial charge in [-0.1, -0.05) is 23.2 Å². The van der Waals surface area contributed by atoms with Crippen molar-refractivity contribution in [1.29, 1.82) is 0 Å². The standard InChI is InChI=1S/C15H15Cl2N3O3/c16-9-7-10(17)14(22)13-12(9)15(23)20(8-18-13)6-2-5-19-4-1-3-11(19)21/h7-8,22H,1-6H2. The zero-order valence-corrected chi connectivity index (χ0v) is 13.8. The molecule has 1 aliphatic heterocycles. The second-order valence-corrected chi connectivity index (χ2v) is 6.31. The first kappa shape index (κ1) is 16.1. The van der Waals surface area contributed by atoms with Crippen molar-refractivity contribution in [2.45, 2.75) is 25.8 Å². The minimum absolute atomic E-state index is 0.0553. The number of halogens is 2. The van der Waals surface area contributed by atoms with Crippen LogP contribution in [0.25, 0.3) is 10.9 Å². The number of phenolic OH excluding ortho intramolecular Hbond substituents is 1. The molecule has 2 heterocycles. The average molecular weight is 356 g/mol. The van der Waals surface area contributed by atoms with E-state index in [0.717, 1.165) is 13.0 Å². The Labute approximate surface area is 142 Å². The smallest absolute Gasteiger partial charge is 0.262 e. The highest BCUT2D eigenvalue weighted by atomic mass is 35.5. The SMILES string of the molecule is O=C1CCCN1CCCn1cnc2c(O)c(Cl)cc(Cl)c2c1=O. The number of likely N-dealkylation sites (tertiary alicyclic amines) is 1. The molecule has 1 N–H and O–H groups in total. The van der Waals surface area contributed by atoms with Crippen molar-refractivity contribution < 1.29 is 9.90 Å². The number of aryl methyl sites for hydroxylation is 1. The highest BCUT2D eigenvalue weighted by Crippen LogP contribution is 2.34. The lowest BCUT2D eigenvalue weighted by molar-refractivity contribution is -0.127. The quantitative estimate of drug-likeness (QED) is 0.913. The predicted molar refractivity (Wildman–Crippen MR) is 88.1 cm³/mol. The van der Waals surface area contributed by atoms with Gasteiger partial charge in [-0.3, -0.25) is 14.2 Å². The van der Waals surface area contributed by atoms with E-state index in [0.29, 0.717) is 25.9 Å². The third kappa shape index (κ3) is 3.01. The summed E-state index contributed by atoms with van der Waals surface area (Å²) in [5.74, 6) is -0.0884. The minimum atomic E-state index is -0.334. The first-order valence-corrected chi connectivity index (χ1v) is 8.08. The number of carbonyl (C=O) groups excluding carboxylic acids is 1. The molecule has 8 heteroatoms. The van der Waals surface area contributed by atoms with Crippen molar-refractivity contribution >= 4 is 40.0 Å². The Bertz CT molecular complexity index is 835. The van der Waals surface area contributed by atoms with Crippen LogP contribution in [0.2, 0.25) is 10.0 Å². The molecule has 6 nitrogen and oxygen atoms in total. The molecule has 0 radical (unpaired) electrons. The molecule has 3 rings (SSSR count). The number of phenols is 1. The molecule has 0 aliphatic carbocycles. The van der Waals surface area contributed by atoms with Gasteiger partial charge in [-0.2, -0.15) is 0 Å². The molecule has 1 amide bonds. The third-order valence-electron chi connectivity index (χ3n) is 3.98. The molecule has 1 aromatic carbocycles. The van der Waals surface area contributed by atoms with E-state index in [2.05, 4.69) is 4.98 Å². The fourth-order valence-electron chi connectivity index (χ4n) is 2.78. The number of hydrogen-bond donors (Lipinski definition) is 1. The maximum atomic E-state index is 12.5. The van der Waals surface area contributed by atoms with Gasteiger partial charge >= 0.3 is 0 Å². The normalized spacial score (nSPS) is 14.9. The first-order chi connectivity index (χ1) is 11.0. The Morgan fingerprint density at radius 3 is 2.70 bits per heavy atom. The van der Waals surface area contributed by atoms with Crippen LogP contribution in [0.15, 0.2) is 17.2 Å². The highest BCUT2D eigenvalue weighted by molar-refractivity contribution is 6.39. The van der Waals surface area contributed by atoms with Gasteiger partial charge in [-0.25, -0.2) is 4.98 Å². The lowest BCUT2D eigenvalue weighted by Crippen LogP contribution is -2.28. The van der Waals surface area contributed by atoms with E-state index >= 15 is 0 Å². The van der Waals surface area contributed by atoms with Gasteiger partial charge in [0.1, 0.15) is 5.52 Å². The molecule has 1 saturated heterocycles. The van der Waals surface area contributed by atoms with Crippen LogP contribution in [0.3, 0.4) is 0 Å². The Balaban J connectivity index is 1.83. The first-order valence-electron chi connectivity index (χ1n) is 7.33. The van der Waals surface area contributed by atoms with E-state index in [9.17, 15) is 14.7 Å². The van der Waals surface area contributed by atoms with Crippen LogP contribution in [0.5, 0.6) is 5.75 Å². The van der Waals surface area contributed by atoms with E-state index in [-0.39, 0.29) is 38.2 Å². The molecule has 0 bridgehead atoms. The summed E-state index contributed by atoms with van der Waals surface area (Å²) in [5.41, 5.74) is -0.238. The summed E-state index contributed by atoms with van der Waals surface area (Å²) in [6.45, 7) is 1.82. The van der Waals surface area contributed by atoms with Crippen molar-refractivity contribution in [3.8, 4) is 5.75 Å². The molecule has 0 saturated carbocycles. The van der Waals surface area contributed by atoms with Gasteiger partial charge in [0.2, 0.25) is 5.91 Å². The molecular weight excluding hydrogens is 341 g/mol. The van der Waals surface area contributed by atoms with Crippen molar-refractivity contribution in [2.24, 2.45) is 0 Å². The van der Waals surface area contributed by atoms with Crippen LogP contribution in [0, 0.1) is 0 Å². The zero-order valence-electron chi connectivity index (χ0n) is 12.3. The summed E-state index contributed by atoms with van der Waals surface area (Å²) in [6, 6.07) is 1.33. The highest BCUT2D eigenvalue weighted by Gasteiger charge is 2.19. The molecule has 0 atom stereocenters. The van der Waals surface area contributed by atoms with E-state index in [4.69, 9.17) is 23.2 Å². The lowest BCUT2D eigenvalue weighted by atomic mass is 10.2. The van der Waals surface area contributed by atoms with E-state index < -0.39 is 0 Å². The lowest BCUT2D eigenvalue weighted by Gasteiger charge is -2.15. The van der Waals surface area contributed by atoms with Gasteiger partial charge in [-0.05, 0) is 18.9 Å². The number of hydrogen-bond acceptors (Lipinski definition) is 4. The van der Waals surface area contributed by atoms with Crippen LogP contribution >= 0.6 is 23.2 Å². The van der Waals surface area contributed by atoms with E-state index in [1.807, 2.05) is 0 Å². The molecule has 1 aromatic heterocycles. The molecule has 0 unspecified atom stereocenters. The van der Waals surface area contributed by atoms with Gasteiger partial charge in [0.15, 0.2) is 5.75 Å². The number of aromatic hydroxyl groups is 1. The Hall–Kier alpha value is -1.79. The van der Waals surface area contributed by atoms with E-state index in [1.54, 1.807) is 4.90 Å². The van der Waals surface area contributed by atoms with Gasteiger partial charge in [0.05, 0.1) is 21.8 Å². The Morgan fingerprint density at radius 1 is 1.22 bits per heavy atom. The van der Waals surface area contributed by atoms with E-state index in [1.165, 1.54) is 17.0 Å². The number of aromatic nitrogens is 2. The van der Waals surface area contributed by atoms with Crippen molar-refractivity contribution in [2.75, 3.05) is 13.1 Å². The molecule has 1 fully saturated rings. The summed E-state index contributed by atoms with van der Waals surface area (Å²) in [7, 11) is 0. The fourth-order valence-corrected chi connectivity index (χ4v) is 3.31. The van der Waals surface area contributed by atoms with Crippen LogP contribution < -0.4 is 5.56 Å². The van der Waals surface area contributed by atoms with Gasteiger partial charge in [0, 0.05) is 26.1 Å². The number of benzene rings is 1. The maximum absolute atomic E-state index is 12.5. The van der Waals surface area contributed by atoms with Gasteiger partial charge in [-0.15, -0.1) is 0 Å². The number of amides is 1. The number of fused-ring (bicyclic) bond motifs is 1. The Kier molecular flexibility index (Phi) is 4.46. The van der Waals surface area contributed by atoms with Crippen molar-refractivity contribution in [1.82, 2.24) is 14.5 Å². The second kappa shape index (κ2) is 6.37. The number of carbonyl (C=O) groups is 1. The maximum Gasteiger partial charge on any atom is 0.262 e. The topological polar surface area (TPSA) is 75.4 Å². The third-order valence-corrected chi connectivity index (χ3v) is 4.57. The van der Waals surface area contributed by atoms with Crippen LogP contribution in [0.4, 0.5) is 0 Å². The minimum Gasteiger partial charge on any atom is -0.504 e. The number of rotatable bonds is 4. The summed E-state index contributed by atoms with van der Waals surface area (Å²) in [5, 5.41) is 10.3. The van der Waals surface area contributed by atoms with Crippen LogP contribution in [-0.2, 0) is 11.3 Å². The van der Waals surface area contributed by atoms with Gasteiger partial charge < -0.3 is 10.0 Å². The molecular formula is C15H15Cl2N3O3. The largest absolute Gasteiger partial charge is 0.504 e. The summed E-state index contributed by atoms with van der Waals surface area (Å²) < 4.78 is 1.43. The molecule has 0 spiro atoms. The summed E-state index contributed by atoms with van der Waals surface area (Å²) in [6.07, 6.45) is 3.51. The molecule has 2 aromatic rings. The van der Waals surface area contributed by atoms with Crippen LogP contribution in [0.1, 0.15) is 19.3 Å². The second-order valence-electron chi connectivity index (χ2n) is 5.49. The average Bonchev–Trinajstić information content (AvgIpc) is 2.91. The molecule has 23 heavy (non-hydrogen) atoms. The van der Waals surface area contributed by atoms with Crippen molar-refractivity contribution in [3.63, 3.8) is 0 Å². The van der Waals surface area contributed by atoms with Gasteiger partial charge in [0.25, 0.3) is 5.56 Å². The summed E-state index contributed by atoms with van der Waals surface area (Å²) >= 11 is 11.9. The molecule has 1 aliphatic rings. The van der Waals surface area contributed by atoms with Crippen molar-refractivity contribution in [3.05, 3.63) is 32.8 Å². The summed E-state index contributed by atoms with van der Waals surface area (Å²) in [4.78, 5) is 30.0.